The van der Waals surface area contributed by atoms with Crippen molar-refractivity contribution < 1.29 is 19.7 Å². The van der Waals surface area contributed by atoms with Crippen LogP contribution in [0.25, 0.3) is 10.9 Å². The highest BCUT2D eigenvalue weighted by Crippen LogP contribution is 2.41. The van der Waals surface area contributed by atoms with Crippen LogP contribution in [0.15, 0.2) is 24.3 Å². The fraction of sp³-hybridized carbons (Fsp3) is 0.571. The van der Waals surface area contributed by atoms with Gasteiger partial charge in [-0.2, -0.15) is 0 Å². The zero-order chi connectivity index (χ0) is 19.2. The Balaban J connectivity index is 1.60. The maximum absolute atomic E-state index is 10.7. The van der Waals surface area contributed by atoms with Crippen LogP contribution in [0, 0.1) is 6.92 Å². The molecule has 0 amide bonds. The van der Waals surface area contributed by atoms with Gasteiger partial charge in [-0.15, -0.1) is 0 Å². The molecule has 1 spiro atoms. The van der Waals surface area contributed by atoms with Crippen molar-refractivity contribution in [2.24, 2.45) is 0 Å². The number of rotatable bonds is 2. The summed E-state index contributed by atoms with van der Waals surface area (Å²) in [4.78, 5) is 7.09. The van der Waals surface area contributed by atoms with E-state index in [0.717, 1.165) is 41.1 Å². The van der Waals surface area contributed by atoms with Crippen LogP contribution in [0.5, 0.6) is 5.75 Å². The molecule has 1 aromatic heterocycles. The highest BCUT2D eigenvalue weighted by Gasteiger charge is 2.52. The number of pyridine rings is 1. The maximum atomic E-state index is 10.7. The lowest BCUT2D eigenvalue weighted by Crippen LogP contribution is -2.64. The molecule has 2 aliphatic heterocycles. The minimum atomic E-state index is -1.09. The summed E-state index contributed by atoms with van der Waals surface area (Å²) in [7, 11) is 1.66. The molecule has 0 radical (unpaired) electrons. The van der Waals surface area contributed by atoms with Crippen molar-refractivity contribution in [2.45, 2.75) is 50.4 Å². The molecule has 2 saturated heterocycles. The molecule has 4 rings (SSSR count). The fourth-order valence-electron chi connectivity index (χ4n) is 4.48. The second-order valence-electron chi connectivity index (χ2n) is 8.06. The molecule has 0 saturated carbocycles. The highest BCUT2D eigenvalue weighted by atomic mass is 16.5. The number of anilines is 1. The van der Waals surface area contributed by atoms with Gasteiger partial charge in [0.25, 0.3) is 0 Å². The quantitative estimate of drug-likeness (QED) is 0.843. The first-order chi connectivity index (χ1) is 12.9. The maximum Gasteiger partial charge on any atom is 0.145 e. The number of ether oxygens (including phenoxy) is 2. The Hall–Kier alpha value is -1.89. The first kappa shape index (κ1) is 18.5. The SMILES string of the molecule is COc1cccc2c(C)cc(N3CCC4(CC3)OCC[C@@](C)(O)[C@@H]4O)nc12. The van der Waals surface area contributed by atoms with Gasteiger partial charge in [0, 0.05) is 24.9 Å². The van der Waals surface area contributed by atoms with Gasteiger partial charge in [-0.3, -0.25) is 0 Å². The minimum absolute atomic E-state index is 0.463. The Kier molecular flexibility index (Phi) is 4.53. The Morgan fingerprint density at radius 1 is 1.26 bits per heavy atom. The summed E-state index contributed by atoms with van der Waals surface area (Å²) in [6.07, 6.45) is 0.918. The number of methoxy groups -OCH3 is 1. The van der Waals surface area contributed by atoms with E-state index in [1.807, 2.05) is 12.1 Å². The molecule has 2 fully saturated rings. The second kappa shape index (κ2) is 6.62. The third-order valence-corrected chi connectivity index (χ3v) is 6.23. The number of nitrogens with zero attached hydrogens (tertiary/aromatic N) is 2. The summed E-state index contributed by atoms with van der Waals surface area (Å²) in [5, 5.41) is 22.3. The van der Waals surface area contributed by atoms with E-state index in [1.165, 1.54) is 0 Å². The molecule has 1 aromatic carbocycles. The Morgan fingerprint density at radius 2 is 2.00 bits per heavy atom. The lowest BCUT2D eigenvalue weighted by Gasteiger charge is -2.51. The summed E-state index contributed by atoms with van der Waals surface area (Å²) in [5.41, 5.74) is 0.270. The van der Waals surface area contributed by atoms with E-state index in [0.29, 0.717) is 25.9 Å². The number of aliphatic hydroxyl groups excluding tert-OH is 1. The lowest BCUT2D eigenvalue weighted by atomic mass is 9.75. The number of para-hydroxylation sites is 1. The third kappa shape index (κ3) is 3.06. The molecule has 27 heavy (non-hydrogen) atoms. The molecule has 2 N–H and O–H groups in total. The number of hydrogen-bond donors (Lipinski definition) is 2. The van der Waals surface area contributed by atoms with E-state index in [9.17, 15) is 10.2 Å². The number of aromatic nitrogens is 1. The molecule has 3 heterocycles. The van der Waals surface area contributed by atoms with Crippen molar-refractivity contribution >= 4 is 16.7 Å². The number of hydrogen-bond acceptors (Lipinski definition) is 6. The predicted octanol–water partition coefficient (Wildman–Crippen LogP) is 2.42. The van der Waals surface area contributed by atoms with E-state index in [-0.39, 0.29) is 0 Å². The Bertz CT molecular complexity index is 843. The van der Waals surface area contributed by atoms with Crippen LogP contribution in [0.1, 0.15) is 31.7 Å². The van der Waals surface area contributed by atoms with Gasteiger partial charge >= 0.3 is 0 Å². The van der Waals surface area contributed by atoms with Crippen molar-refractivity contribution in [3.8, 4) is 5.75 Å². The van der Waals surface area contributed by atoms with Crippen molar-refractivity contribution in [2.75, 3.05) is 31.7 Å². The minimum Gasteiger partial charge on any atom is -0.494 e. The van der Waals surface area contributed by atoms with Crippen LogP contribution in [-0.2, 0) is 4.74 Å². The first-order valence-electron chi connectivity index (χ1n) is 9.60. The van der Waals surface area contributed by atoms with Gasteiger partial charge in [0.1, 0.15) is 28.8 Å². The van der Waals surface area contributed by atoms with Crippen molar-refractivity contribution in [1.82, 2.24) is 4.98 Å². The zero-order valence-corrected chi connectivity index (χ0v) is 16.2. The van der Waals surface area contributed by atoms with Gasteiger partial charge in [-0.05, 0) is 44.4 Å². The number of aryl methyl sites for hydroxylation is 1. The summed E-state index contributed by atoms with van der Waals surface area (Å²) in [6, 6.07) is 8.07. The normalized spacial score (nSPS) is 27.9. The highest BCUT2D eigenvalue weighted by molar-refractivity contribution is 5.88. The molecule has 6 heteroatoms. The molecule has 0 unspecified atom stereocenters. The smallest absolute Gasteiger partial charge is 0.145 e. The molecule has 0 aliphatic carbocycles. The van der Waals surface area contributed by atoms with Gasteiger partial charge in [0.05, 0.1) is 19.3 Å². The molecule has 2 aromatic rings. The fourth-order valence-corrected chi connectivity index (χ4v) is 4.48. The van der Waals surface area contributed by atoms with E-state index in [2.05, 4.69) is 24.0 Å². The van der Waals surface area contributed by atoms with Gasteiger partial charge in [-0.25, -0.2) is 4.98 Å². The molecule has 0 bridgehead atoms. The van der Waals surface area contributed by atoms with E-state index in [4.69, 9.17) is 14.5 Å². The van der Waals surface area contributed by atoms with Crippen LogP contribution in [0.4, 0.5) is 5.82 Å². The number of aliphatic hydroxyl groups is 2. The zero-order valence-electron chi connectivity index (χ0n) is 16.2. The van der Waals surface area contributed by atoms with E-state index < -0.39 is 17.3 Å². The van der Waals surface area contributed by atoms with Crippen LogP contribution in [-0.4, -0.2) is 59.3 Å². The largest absolute Gasteiger partial charge is 0.494 e. The second-order valence-corrected chi connectivity index (χ2v) is 8.06. The average Bonchev–Trinajstić information content (AvgIpc) is 2.66. The van der Waals surface area contributed by atoms with Crippen molar-refractivity contribution in [3.05, 3.63) is 29.8 Å². The van der Waals surface area contributed by atoms with Crippen LogP contribution in [0.3, 0.4) is 0 Å². The van der Waals surface area contributed by atoms with Crippen LogP contribution in [0.2, 0.25) is 0 Å². The summed E-state index contributed by atoms with van der Waals surface area (Å²) in [6.45, 7) is 5.72. The van der Waals surface area contributed by atoms with Gasteiger partial charge in [-0.1, -0.05) is 12.1 Å². The van der Waals surface area contributed by atoms with E-state index >= 15 is 0 Å². The topological polar surface area (TPSA) is 75.1 Å². The van der Waals surface area contributed by atoms with Crippen LogP contribution >= 0.6 is 0 Å². The lowest BCUT2D eigenvalue weighted by molar-refractivity contribution is -0.239. The van der Waals surface area contributed by atoms with Gasteiger partial charge in [0.2, 0.25) is 0 Å². The molecule has 6 nitrogen and oxygen atoms in total. The number of fused-ring (bicyclic) bond motifs is 1. The molecule has 2 aliphatic rings. The molecule has 146 valence electrons. The Morgan fingerprint density at radius 3 is 2.70 bits per heavy atom. The van der Waals surface area contributed by atoms with Crippen LogP contribution < -0.4 is 9.64 Å². The molecule has 2 atom stereocenters. The average molecular weight is 372 g/mol. The molecular formula is C21H28N2O4. The van der Waals surface area contributed by atoms with Crippen molar-refractivity contribution in [1.29, 1.82) is 0 Å². The van der Waals surface area contributed by atoms with Crippen molar-refractivity contribution in [3.63, 3.8) is 0 Å². The summed E-state index contributed by atoms with van der Waals surface area (Å²) in [5.74, 6) is 1.68. The standard InChI is InChI=1S/C21H28N2O4/c1-14-13-17(22-18-15(14)5-4-6-16(18)26-3)23-10-7-21(8-11-23)19(24)20(2,25)9-12-27-21/h4-6,13,19,24-25H,7-12H2,1-3H3/t19-,20+/m0/s1. The first-order valence-corrected chi connectivity index (χ1v) is 9.60. The Labute approximate surface area is 159 Å². The molecular weight excluding hydrogens is 344 g/mol. The van der Waals surface area contributed by atoms with Gasteiger partial charge < -0.3 is 24.6 Å². The van der Waals surface area contributed by atoms with E-state index in [1.54, 1.807) is 14.0 Å². The summed E-state index contributed by atoms with van der Waals surface area (Å²) >= 11 is 0. The number of benzene rings is 1. The van der Waals surface area contributed by atoms with Gasteiger partial charge in [0.15, 0.2) is 0 Å². The predicted molar refractivity (Wildman–Crippen MR) is 104 cm³/mol. The third-order valence-electron chi connectivity index (χ3n) is 6.23. The monoisotopic (exact) mass is 372 g/mol. The number of piperidine rings is 1. The summed E-state index contributed by atoms with van der Waals surface area (Å²) < 4.78 is 11.5.